The van der Waals surface area contributed by atoms with Gasteiger partial charge in [-0.05, 0) is 30.5 Å². The molecule has 1 aromatic heterocycles. The van der Waals surface area contributed by atoms with Gasteiger partial charge in [0.2, 0.25) is 0 Å². The van der Waals surface area contributed by atoms with Crippen molar-refractivity contribution in [2.45, 2.75) is 19.4 Å². The first-order valence-electron chi connectivity index (χ1n) is 5.58. The molecule has 0 saturated carbocycles. The van der Waals surface area contributed by atoms with Gasteiger partial charge in [-0.25, -0.2) is 4.39 Å². The standard InChI is InChI=1S/C14H15FN2/c1-10-4-2-3-5-11(10)8-14(16)12-6-7-17-9-13(12)15/h2-7,9,14H,8,16H2,1H3. The number of halogens is 1. The molecule has 2 N–H and O–H groups in total. The Bertz CT molecular complexity index is 511. The summed E-state index contributed by atoms with van der Waals surface area (Å²) in [7, 11) is 0. The molecule has 0 aliphatic carbocycles. The van der Waals surface area contributed by atoms with E-state index in [1.165, 1.54) is 11.8 Å². The lowest BCUT2D eigenvalue weighted by Crippen LogP contribution is -2.15. The molecule has 1 aromatic carbocycles. The second kappa shape index (κ2) is 5.06. The van der Waals surface area contributed by atoms with Gasteiger partial charge < -0.3 is 5.73 Å². The minimum absolute atomic E-state index is 0.334. The summed E-state index contributed by atoms with van der Waals surface area (Å²) in [5.41, 5.74) is 8.87. The van der Waals surface area contributed by atoms with Gasteiger partial charge in [0, 0.05) is 17.8 Å². The maximum atomic E-state index is 13.5. The molecule has 88 valence electrons. The quantitative estimate of drug-likeness (QED) is 0.880. The zero-order chi connectivity index (χ0) is 12.3. The highest BCUT2D eigenvalue weighted by Crippen LogP contribution is 2.19. The summed E-state index contributed by atoms with van der Waals surface area (Å²) in [5, 5.41) is 0. The van der Waals surface area contributed by atoms with Crippen molar-refractivity contribution in [3.63, 3.8) is 0 Å². The third-order valence-electron chi connectivity index (χ3n) is 2.90. The predicted octanol–water partition coefficient (Wildman–Crippen LogP) is 2.77. The van der Waals surface area contributed by atoms with Crippen molar-refractivity contribution in [2.24, 2.45) is 5.73 Å². The number of pyridine rings is 1. The molecule has 2 rings (SSSR count). The molecule has 1 atom stereocenters. The summed E-state index contributed by atoms with van der Waals surface area (Å²) < 4.78 is 13.5. The van der Waals surface area contributed by atoms with Gasteiger partial charge in [0.05, 0.1) is 6.20 Å². The summed E-state index contributed by atoms with van der Waals surface area (Å²) in [5.74, 6) is -0.339. The van der Waals surface area contributed by atoms with E-state index in [4.69, 9.17) is 5.73 Å². The van der Waals surface area contributed by atoms with E-state index in [1.807, 2.05) is 31.2 Å². The van der Waals surface area contributed by atoms with Gasteiger partial charge in [-0.1, -0.05) is 24.3 Å². The van der Waals surface area contributed by atoms with Gasteiger partial charge in [-0.15, -0.1) is 0 Å². The summed E-state index contributed by atoms with van der Waals surface area (Å²) in [6.45, 7) is 2.03. The van der Waals surface area contributed by atoms with E-state index in [-0.39, 0.29) is 11.9 Å². The first-order valence-corrected chi connectivity index (χ1v) is 5.58. The molecule has 0 radical (unpaired) electrons. The van der Waals surface area contributed by atoms with Crippen LogP contribution in [0.25, 0.3) is 0 Å². The van der Waals surface area contributed by atoms with Crippen LogP contribution in [0.5, 0.6) is 0 Å². The minimum atomic E-state index is -0.339. The Morgan fingerprint density at radius 2 is 2.06 bits per heavy atom. The van der Waals surface area contributed by atoms with Gasteiger partial charge >= 0.3 is 0 Å². The van der Waals surface area contributed by atoms with E-state index in [0.717, 1.165) is 5.56 Å². The molecular weight excluding hydrogens is 215 g/mol. The average Bonchev–Trinajstić information content (AvgIpc) is 2.32. The lowest BCUT2D eigenvalue weighted by Gasteiger charge is -2.14. The molecule has 1 heterocycles. The molecule has 3 heteroatoms. The zero-order valence-electron chi connectivity index (χ0n) is 9.73. The second-order valence-corrected chi connectivity index (χ2v) is 4.13. The third-order valence-corrected chi connectivity index (χ3v) is 2.90. The van der Waals surface area contributed by atoms with Gasteiger partial charge in [0.25, 0.3) is 0 Å². The number of nitrogens with zero attached hydrogens (tertiary/aromatic N) is 1. The fourth-order valence-corrected chi connectivity index (χ4v) is 1.87. The molecule has 1 unspecified atom stereocenters. The number of benzene rings is 1. The molecule has 0 bridgehead atoms. The Hall–Kier alpha value is -1.74. The SMILES string of the molecule is Cc1ccccc1CC(N)c1ccncc1F. The van der Waals surface area contributed by atoms with Crippen LogP contribution in [0.2, 0.25) is 0 Å². The average molecular weight is 230 g/mol. The lowest BCUT2D eigenvalue weighted by molar-refractivity contribution is 0.574. The zero-order valence-corrected chi connectivity index (χ0v) is 9.73. The van der Waals surface area contributed by atoms with E-state index >= 15 is 0 Å². The Morgan fingerprint density at radius 1 is 1.29 bits per heavy atom. The number of aromatic nitrogens is 1. The number of nitrogens with two attached hydrogens (primary N) is 1. The molecule has 0 aliphatic heterocycles. The normalized spacial score (nSPS) is 12.4. The number of aryl methyl sites for hydroxylation is 1. The van der Waals surface area contributed by atoms with Gasteiger partial charge in [-0.3, -0.25) is 4.98 Å². The Morgan fingerprint density at radius 3 is 2.76 bits per heavy atom. The molecule has 2 aromatic rings. The smallest absolute Gasteiger partial charge is 0.146 e. The minimum Gasteiger partial charge on any atom is -0.324 e. The van der Waals surface area contributed by atoms with Crippen LogP contribution in [0.1, 0.15) is 22.7 Å². The van der Waals surface area contributed by atoms with Gasteiger partial charge in [0.1, 0.15) is 5.82 Å². The molecule has 17 heavy (non-hydrogen) atoms. The fraction of sp³-hybridized carbons (Fsp3) is 0.214. The lowest BCUT2D eigenvalue weighted by atomic mass is 9.97. The molecule has 0 saturated heterocycles. The van der Waals surface area contributed by atoms with Crippen LogP contribution >= 0.6 is 0 Å². The summed E-state index contributed by atoms with van der Waals surface area (Å²) in [6, 6.07) is 9.31. The highest BCUT2D eigenvalue weighted by atomic mass is 19.1. The van der Waals surface area contributed by atoms with Crippen LogP contribution in [0.4, 0.5) is 4.39 Å². The maximum Gasteiger partial charge on any atom is 0.146 e. The van der Waals surface area contributed by atoms with Crippen molar-refractivity contribution in [3.8, 4) is 0 Å². The van der Waals surface area contributed by atoms with Gasteiger partial charge in [-0.2, -0.15) is 0 Å². The molecule has 0 amide bonds. The second-order valence-electron chi connectivity index (χ2n) is 4.13. The van der Waals surface area contributed by atoms with Crippen molar-refractivity contribution < 1.29 is 4.39 Å². The number of hydrogen-bond donors (Lipinski definition) is 1. The first-order chi connectivity index (χ1) is 8.18. The number of hydrogen-bond acceptors (Lipinski definition) is 2. The van der Waals surface area contributed by atoms with Crippen molar-refractivity contribution in [1.82, 2.24) is 4.98 Å². The van der Waals surface area contributed by atoms with Crippen LogP contribution in [-0.4, -0.2) is 4.98 Å². The summed E-state index contributed by atoms with van der Waals surface area (Å²) in [4.78, 5) is 3.72. The molecule has 2 nitrogen and oxygen atoms in total. The highest BCUT2D eigenvalue weighted by Gasteiger charge is 2.12. The summed E-state index contributed by atoms with van der Waals surface area (Å²) in [6.07, 6.45) is 3.40. The summed E-state index contributed by atoms with van der Waals surface area (Å²) >= 11 is 0. The van der Waals surface area contributed by atoms with Crippen LogP contribution in [0.3, 0.4) is 0 Å². The van der Waals surface area contributed by atoms with Crippen molar-refractivity contribution in [1.29, 1.82) is 0 Å². The predicted molar refractivity (Wildman–Crippen MR) is 66.0 cm³/mol. The van der Waals surface area contributed by atoms with E-state index in [1.54, 1.807) is 12.3 Å². The Kier molecular flexibility index (Phi) is 3.49. The van der Waals surface area contributed by atoms with E-state index in [2.05, 4.69) is 4.98 Å². The van der Waals surface area contributed by atoms with Crippen molar-refractivity contribution in [2.75, 3.05) is 0 Å². The van der Waals surface area contributed by atoms with Gasteiger partial charge in [0.15, 0.2) is 0 Å². The van der Waals surface area contributed by atoms with Crippen molar-refractivity contribution >= 4 is 0 Å². The van der Waals surface area contributed by atoms with E-state index < -0.39 is 0 Å². The Balaban J connectivity index is 2.20. The number of rotatable bonds is 3. The monoisotopic (exact) mass is 230 g/mol. The van der Waals surface area contributed by atoms with Crippen LogP contribution < -0.4 is 5.73 Å². The van der Waals surface area contributed by atoms with Crippen LogP contribution in [0, 0.1) is 12.7 Å². The fourth-order valence-electron chi connectivity index (χ4n) is 1.87. The largest absolute Gasteiger partial charge is 0.324 e. The van der Waals surface area contributed by atoms with Crippen LogP contribution in [-0.2, 0) is 6.42 Å². The van der Waals surface area contributed by atoms with Crippen molar-refractivity contribution in [3.05, 3.63) is 65.2 Å². The topological polar surface area (TPSA) is 38.9 Å². The molecule has 0 fully saturated rings. The third kappa shape index (κ3) is 2.68. The molecular formula is C14H15FN2. The first kappa shape index (κ1) is 11.7. The molecule has 0 aliphatic rings. The molecule has 0 spiro atoms. The maximum absolute atomic E-state index is 13.5. The Labute approximate surface area is 100 Å². The van der Waals surface area contributed by atoms with E-state index in [0.29, 0.717) is 12.0 Å². The van der Waals surface area contributed by atoms with E-state index in [9.17, 15) is 4.39 Å². The van der Waals surface area contributed by atoms with Crippen LogP contribution in [0.15, 0.2) is 42.7 Å². The highest BCUT2D eigenvalue weighted by molar-refractivity contribution is 5.28.